The van der Waals surface area contributed by atoms with Crippen LogP contribution in [0, 0.1) is 12.8 Å². The summed E-state index contributed by atoms with van der Waals surface area (Å²) in [5.41, 5.74) is 1.76. The molecule has 1 aliphatic heterocycles. The zero-order chi connectivity index (χ0) is 15.9. The number of hydrogen-bond donors (Lipinski definition) is 1. The van der Waals surface area contributed by atoms with Crippen LogP contribution in [-0.2, 0) is 9.53 Å². The molecule has 3 atom stereocenters. The molecule has 5 nitrogen and oxygen atoms in total. The number of nitrogens with zero attached hydrogens (tertiary/aromatic N) is 1. The molecule has 0 unspecified atom stereocenters. The molecular formula is C17H21NO4. The number of amides is 1. The van der Waals surface area contributed by atoms with Gasteiger partial charge in [-0.3, -0.25) is 4.79 Å². The number of benzene rings is 1. The second-order valence-corrected chi connectivity index (χ2v) is 6.15. The highest BCUT2D eigenvalue weighted by Crippen LogP contribution is 2.43. The second-order valence-electron chi connectivity index (χ2n) is 6.15. The van der Waals surface area contributed by atoms with E-state index in [1.807, 2.05) is 4.90 Å². The molecule has 1 heterocycles. The van der Waals surface area contributed by atoms with Gasteiger partial charge >= 0.3 is 5.97 Å². The average Bonchev–Trinajstić information content (AvgIpc) is 3.01. The van der Waals surface area contributed by atoms with Gasteiger partial charge in [-0.25, -0.2) is 4.79 Å². The van der Waals surface area contributed by atoms with Crippen molar-refractivity contribution in [3.8, 4) is 0 Å². The third-order valence-corrected chi connectivity index (χ3v) is 4.65. The number of carbonyl (C=O) groups excluding carboxylic acids is 1. The number of rotatable bonds is 5. The molecule has 1 aliphatic carbocycles. The van der Waals surface area contributed by atoms with Gasteiger partial charge in [0, 0.05) is 18.3 Å². The molecule has 1 aromatic rings. The number of carboxylic acid groups (broad SMARTS) is 1. The van der Waals surface area contributed by atoms with E-state index in [0.29, 0.717) is 12.2 Å². The number of aryl methyl sites for hydroxylation is 1. The lowest BCUT2D eigenvalue weighted by atomic mass is 10.0. The van der Waals surface area contributed by atoms with Crippen LogP contribution in [0.25, 0.3) is 0 Å². The number of carboxylic acids is 1. The van der Waals surface area contributed by atoms with Crippen LogP contribution in [0.5, 0.6) is 0 Å². The summed E-state index contributed by atoms with van der Waals surface area (Å²) in [7, 11) is 0. The first-order valence-corrected chi connectivity index (χ1v) is 7.81. The van der Waals surface area contributed by atoms with Gasteiger partial charge < -0.3 is 14.7 Å². The van der Waals surface area contributed by atoms with Crippen molar-refractivity contribution >= 4 is 17.6 Å². The van der Waals surface area contributed by atoms with Gasteiger partial charge in [-0.2, -0.15) is 0 Å². The highest BCUT2D eigenvalue weighted by atomic mass is 16.5. The standard InChI is InChI=1S/C17H21NO4/c1-3-6-22-15-9-12-8-14(15)16(19)18(12)11-4-5-13(17(20)21)10(2)7-11/h4-5,7,12,14-15H,3,6,8-9H2,1-2H3,(H,20,21)/t12-,14+,15+/m0/s1. The minimum Gasteiger partial charge on any atom is -0.478 e. The van der Waals surface area contributed by atoms with E-state index in [4.69, 9.17) is 9.84 Å². The Kier molecular flexibility index (Phi) is 3.91. The maximum absolute atomic E-state index is 12.6. The Labute approximate surface area is 129 Å². The zero-order valence-corrected chi connectivity index (χ0v) is 12.9. The molecule has 1 saturated heterocycles. The Hall–Kier alpha value is -1.88. The maximum atomic E-state index is 12.6. The Morgan fingerprint density at radius 2 is 2.18 bits per heavy atom. The van der Waals surface area contributed by atoms with Crippen LogP contribution in [0.3, 0.4) is 0 Å². The van der Waals surface area contributed by atoms with E-state index in [-0.39, 0.29) is 29.5 Å². The van der Waals surface area contributed by atoms with E-state index in [2.05, 4.69) is 6.92 Å². The average molecular weight is 303 g/mol. The minimum absolute atomic E-state index is 0.0454. The summed E-state index contributed by atoms with van der Waals surface area (Å²) in [4.78, 5) is 25.5. The SMILES string of the molecule is CCCO[C@@H]1C[C@@H]2C[C@H]1C(=O)N2c1ccc(C(=O)O)c(C)c1. The Balaban J connectivity index is 1.79. The van der Waals surface area contributed by atoms with E-state index in [1.54, 1.807) is 25.1 Å². The smallest absolute Gasteiger partial charge is 0.335 e. The molecular weight excluding hydrogens is 282 g/mol. The molecule has 1 amide bonds. The monoisotopic (exact) mass is 303 g/mol. The summed E-state index contributed by atoms with van der Waals surface area (Å²) in [6.45, 7) is 4.53. The maximum Gasteiger partial charge on any atom is 0.335 e. The van der Waals surface area contributed by atoms with Crippen LogP contribution in [0.15, 0.2) is 18.2 Å². The van der Waals surface area contributed by atoms with Crippen LogP contribution in [0.1, 0.15) is 42.1 Å². The molecule has 0 aromatic heterocycles. The number of fused-ring (bicyclic) bond motifs is 2. The molecule has 2 fully saturated rings. The molecule has 118 valence electrons. The molecule has 5 heteroatoms. The van der Waals surface area contributed by atoms with Crippen LogP contribution in [0.2, 0.25) is 0 Å². The van der Waals surface area contributed by atoms with E-state index >= 15 is 0 Å². The lowest BCUT2D eigenvalue weighted by Gasteiger charge is -2.31. The molecule has 2 bridgehead atoms. The molecule has 1 saturated carbocycles. The molecule has 0 spiro atoms. The predicted molar refractivity (Wildman–Crippen MR) is 82.2 cm³/mol. The minimum atomic E-state index is -0.939. The zero-order valence-electron chi connectivity index (χ0n) is 12.9. The van der Waals surface area contributed by atoms with Gasteiger partial charge in [0.05, 0.1) is 17.6 Å². The van der Waals surface area contributed by atoms with Gasteiger partial charge in [0.15, 0.2) is 0 Å². The lowest BCUT2D eigenvalue weighted by Crippen LogP contribution is -2.43. The van der Waals surface area contributed by atoms with Gasteiger partial charge in [0.2, 0.25) is 5.91 Å². The second kappa shape index (κ2) is 5.72. The van der Waals surface area contributed by atoms with Crippen LogP contribution in [0.4, 0.5) is 5.69 Å². The number of piperidine rings is 1. The summed E-state index contributed by atoms with van der Waals surface area (Å²) in [5.74, 6) is -0.873. The van der Waals surface area contributed by atoms with Gasteiger partial charge in [-0.15, -0.1) is 0 Å². The predicted octanol–water partition coefficient (Wildman–Crippen LogP) is 2.61. The molecule has 1 aromatic carbocycles. The number of carbonyl (C=O) groups is 2. The number of anilines is 1. The Bertz CT molecular complexity index is 613. The molecule has 1 N–H and O–H groups in total. The number of ether oxygens (including phenoxy) is 1. The van der Waals surface area contributed by atoms with Crippen molar-refractivity contribution < 1.29 is 19.4 Å². The topological polar surface area (TPSA) is 66.8 Å². The lowest BCUT2D eigenvalue weighted by molar-refractivity contribution is -0.126. The Morgan fingerprint density at radius 1 is 1.41 bits per heavy atom. The third kappa shape index (κ3) is 2.39. The fourth-order valence-corrected chi connectivity index (χ4v) is 3.63. The first-order chi connectivity index (χ1) is 10.5. The van der Waals surface area contributed by atoms with Crippen LogP contribution < -0.4 is 4.90 Å². The van der Waals surface area contributed by atoms with Crippen molar-refractivity contribution in [1.82, 2.24) is 0 Å². The quantitative estimate of drug-likeness (QED) is 0.908. The van der Waals surface area contributed by atoms with Crippen LogP contribution in [-0.4, -0.2) is 35.7 Å². The molecule has 2 aliphatic rings. The number of hydrogen-bond acceptors (Lipinski definition) is 3. The van der Waals surface area contributed by atoms with Crippen molar-refractivity contribution in [1.29, 1.82) is 0 Å². The third-order valence-electron chi connectivity index (χ3n) is 4.65. The summed E-state index contributed by atoms with van der Waals surface area (Å²) >= 11 is 0. The highest BCUT2D eigenvalue weighted by molar-refractivity contribution is 6.00. The number of aromatic carboxylic acids is 1. The van der Waals surface area contributed by atoms with E-state index in [0.717, 1.165) is 24.9 Å². The fraction of sp³-hybridized carbons (Fsp3) is 0.529. The Morgan fingerprint density at radius 3 is 2.77 bits per heavy atom. The van der Waals surface area contributed by atoms with Crippen molar-refractivity contribution in [2.24, 2.45) is 5.92 Å². The largest absolute Gasteiger partial charge is 0.478 e. The van der Waals surface area contributed by atoms with Crippen molar-refractivity contribution in [2.45, 2.75) is 45.3 Å². The van der Waals surface area contributed by atoms with E-state index in [9.17, 15) is 9.59 Å². The summed E-state index contributed by atoms with van der Waals surface area (Å²) in [6, 6.07) is 5.28. The van der Waals surface area contributed by atoms with E-state index < -0.39 is 5.97 Å². The molecule has 0 radical (unpaired) electrons. The van der Waals surface area contributed by atoms with Crippen LogP contribution >= 0.6 is 0 Å². The molecule has 22 heavy (non-hydrogen) atoms. The van der Waals surface area contributed by atoms with Crippen molar-refractivity contribution in [3.05, 3.63) is 29.3 Å². The fourth-order valence-electron chi connectivity index (χ4n) is 3.63. The summed E-state index contributed by atoms with van der Waals surface area (Å²) in [5, 5.41) is 9.10. The van der Waals surface area contributed by atoms with Gasteiger partial charge in [0.25, 0.3) is 0 Å². The van der Waals surface area contributed by atoms with Gasteiger partial charge in [-0.05, 0) is 49.9 Å². The first kappa shape index (κ1) is 15.0. The van der Waals surface area contributed by atoms with Gasteiger partial charge in [-0.1, -0.05) is 6.92 Å². The highest BCUT2D eigenvalue weighted by Gasteiger charge is 2.51. The summed E-state index contributed by atoms with van der Waals surface area (Å²) < 4.78 is 5.79. The molecule has 3 rings (SSSR count). The summed E-state index contributed by atoms with van der Waals surface area (Å²) in [6.07, 6.45) is 2.72. The van der Waals surface area contributed by atoms with Crippen molar-refractivity contribution in [2.75, 3.05) is 11.5 Å². The van der Waals surface area contributed by atoms with Gasteiger partial charge in [0.1, 0.15) is 0 Å². The van der Waals surface area contributed by atoms with Crippen molar-refractivity contribution in [3.63, 3.8) is 0 Å². The van der Waals surface area contributed by atoms with E-state index in [1.165, 1.54) is 0 Å². The first-order valence-electron chi connectivity index (χ1n) is 7.81. The normalized spacial score (nSPS) is 26.7.